The predicted molar refractivity (Wildman–Crippen MR) is 144 cm³/mol. The van der Waals surface area contributed by atoms with E-state index in [1.807, 2.05) is 12.4 Å². The molecule has 5 heterocycles. The molecular weight excluding hydrogens is 446 g/mol. The summed E-state index contributed by atoms with van der Waals surface area (Å²) in [6, 6.07) is 6.48. The zero-order chi connectivity index (χ0) is 24.3. The molecule has 1 amide bonds. The van der Waals surface area contributed by atoms with Gasteiger partial charge >= 0.3 is 0 Å². The van der Waals surface area contributed by atoms with Gasteiger partial charge in [-0.15, -0.1) is 0 Å². The number of likely N-dealkylation sites (tertiary alicyclic amines) is 1. The number of carbonyl (C=O) groups is 1. The molecule has 4 saturated heterocycles. The molecule has 36 heavy (non-hydrogen) atoms. The third-order valence-electron chi connectivity index (χ3n) is 10.3. The second-order valence-corrected chi connectivity index (χ2v) is 12.3. The van der Waals surface area contributed by atoms with Gasteiger partial charge in [-0.05, 0) is 87.9 Å². The van der Waals surface area contributed by atoms with Crippen molar-refractivity contribution in [1.29, 1.82) is 0 Å². The molecule has 6 nitrogen and oxygen atoms in total. The van der Waals surface area contributed by atoms with E-state index in [0.717, 1.165) is 75.9 Å². The molecule has 1 saturated carbocycles. The van der Waals surface area contributed by atoms with Gasteiger partial charge in [0.2, 0.25) is 5.91 Å². The zero-order valence-corrected chi connectivity index (χ0v) is 22.3. The molecule has 5 fully saturated rings. The Hall–Kier alpha value is -1.50. The first-order chi connectivity index (χ1) is 17.8. The number of rotatable bonds is 7. The maximum Gasteiger partial charge on any atom is 0.222 e. The Morgan fingerprint density at radius 3 is 2.50 bits per heavy atom. The Labute approximate surface area is 218 Å². The summed E-state index contributed by atoms with van der Waals surface area (Å²) in [6.45, 7) is 8.87. The van der Waals surface area contributed by atoms with Gasteiger partial charge in [0.25, 0.3) is 0 Å². The normalized spacial score (nSPS) is 32.5. The van der Waals surface area contributed by atoms with Gasteiger partial charge in [0.15, 0.2) is 0 Å². The van der Waals surface area contributed by atoms with E-state index in [-0.39, 0.29) is 0 Å². The maximum atomic E-state index is 13.2. The quantitative estimate of drug-likeness (QED) is 0.574. The van der Waals surface area contributed by atoms with E-state index >= 15 is 0 Å². The highest BCUT2D eigenvalue weighted by Gasteiger charge is 2.48. The fraction of sp³-hybridized carbons (Fsp3) is 0.800. The average Bonchev–Trinajstić information content (AvgIpc) is 3.46. The van der Waals surface area contributed by atoms with Gasteiger partial charge in [-0.2, -0.15) is 0 Å². The fourth-order valence-corrected chi connectivity index (χ4v) is 8.61. The van der Waals surface area contributed by atoms with Crippen LogP contribution in [0.25, 0.3) is 0 Å². The van der Waals surface area contributed by atoms with Crippen molar-refractivity contribution in [2.24, 2.45) is 11.8 Å². The second kappa shape index (κ2) is 11.5. The van der Waals surface area contributed by atoms with Gasteiger partial charge in [-0.1, -0.05) is 18.9 Å². The molecule has 5 aliphatic rings. The van der Waals surface area contributed by atoms with Crippen molar-refractivity contribution in [3.05, 3.63) is 30.1 Å². The predicted octanol–water partition coefficient (Wildman–Crippen LogP) is 4.01. The lowest BCUT2D eigenvalue weighted by atomic mass is 9.69. The van der Waals surface area contributed by atoms with Crippen LogP contribution in [0.1, 0.15) is 76.2 Å². The van der Waals surface area contributed by atoms with Gasteiger partial charge in [0.1, 0.15) is 0 Å². The van der Waals surface area contributed by atoms with Gasteiger partial charge in [-0.3, -0.25) is 24.5 Å². The molecule has 1 aliphatic carbocycles. The molecule has 0 unspecified atom stereocenters. The van der Waals surface area contributed by atoms with E-state index in [4.69, 9.17) is 0 Å². The van der Waals surface area contributed by atoms with E-state index in [1.54, 1.807) is 0 Å². The monoisotopic (exact) mass is 493 g/mol. The third kappa shape index (κ3) is 5.37. The highest BCUT2D eigenvalue weighted by Crippen LogP contribution is 2.43. The topological polar surface area (TPSA) is 42.9 Å². The minimum absolute atomic E-state index is 0.400. The summed E-state index contributed by atoms with van der Waals surface area (Å²) in [6.07, 6.45) is 17.8. The molecule has 6 rings (SSSR count). The SMILES string of the molecule is O=C(CCC[C@@H]1[C@H]2CCCN3CCC[C@@H](CN1Cc1cccnc1)[C@@H]23)N1CCN(C2CCCC2)CC1. The smallest absolute Gasteiger partial charge is 0.222 e. The molecule has 0 radical (unpaired) electrons. The van der Waals surface area contributed by atoms with E-state index in [9.17, 15) is 4.79 Å². The Morgan fingerprint density at radius 2 is 1.72 bits per heavy atom. The van der Waals surface area contributed by atoms with Crippen molar-refractivity contribution >= 4 is 5.91 Å². The fourth-order valence-electron chi connectivity index (χ4n) is 8.61. The lowest BCUT2D eigenvalue weighted by Gasteiger charge is -2.57. The number of aromatic nitrogens is 1. The minimum Gasteiger partial charge on any atom is -0.340 e. The lowest BCUT2D eigenvalue weighted by molar-refractivity contribution is -0.133. The van der Waals surface area contributed by atoms with Crippen molar-refractivity contribution < 1.29 is 4.79 Å². The van der Waals surface area contributed by atoms with E-state index in [0.29, 0.717) is 11.9 Å². The van der Waals surface area contributed by atoms with Crippen LogP contribution in [-0.4, -0.2) is 94.4 Å². The third-order valence-corrected chi connectivity index (χ3v) is 10.3. The van der Waals surface area contributed by atoms with Crippen LogP contribution in [0, 0.1) is 11.8 Å². The van der Waals surface area contributed by atoms with Crippen LogP contribution in [0.15, 0.2) is 24.5 Å². The maximum absolute atomic E-state index is 13.2. The summed E-state index contributed by atoms with van der Waals surface area (Å²) in [5.41, 5.74) is 1.33. The summed E-state index contributed by atoms with van der Waals surface area (Å²) < 4.78 is 0. The van der Waals surface area contributed by atoms with Crippen molar-refractivity contribution in [3.8, 4) is 0 Å². The van der Waals surface area contributed by atoms with E-state index in [1.165, 1.54) is 76.6 Å². The highest BCUT2D eigenvalue weighted by molar-refractivity contribution is 5.76. The van der Waals surface area contributed by atoms with Crippen molar-refractivity contribution in [3.63, 3.8) is 0 Å². The number of carbonyl (C=O) groups excluding carboxylic acids is 1. The largest absolute Gasteiger partial charge is 0.340 e. The Morgan fingerprint density at radius 1 is 0.917 bits per heavy atom. The van der Waals surface area contributed by atoms with Gasteiger partial charge in [-0.25, -0.2) is 0 Å². The molecule has 6 heteroatoms. The number of amides is 1. The van der Waals surface area contributed by atoms with E-state index < -0.39 is 0 Å². The zero-order valence-electron chi connectivity index (χ0n) is 22.3. The molecule has 0 aromatic carbocycles. The summed E-state index contributed by atoms with van der Waals surface area (Å²) in [5, 5.41) is 0. The van der Waals surface area contributed by atoms with Gasteiger partial charge in [0.05, 0.1) is 0 Å². The lowest BCUT2D eigenvalue weighted by Crippen LogP contribution is -2.64. The van der Waals surface area contributed by atoms with Crippen molar-refractivity contribution in [2.45, 2.75) is 95.3 Å². The first-order valence-corrected chi connectivity index (χ1v) is 15.1. The van der Waals surface area contributed by atoms with Gasteiger partial charge < -0.3 is 4.90 Å². The number of hydrogen-bond donors (Lipinski definition) is 0. The summed E-state index contributed by atoms with van der Waals surface area (Å²) in [5.74, 6) is 1.98. The van der Waals surface area contributed by atoms with Crippen molar-refractivity contribution in [1.82, 2.24) is 24.6 Å². The standard InChI is InChI=1S/C30H47N5O/c36-29(33-19-17-32(18-20-33)26-9-1-2-10-26)13-3-12-28-27-11-6-16-34-15-5-8-25(30(27)34)23-35(28)22-24-7-4-14-31-21-24/h4,7,14,21,25-28,30H,1-3,5-6,8-13,15-20,22-23H2/t25-,27+,28+,30-/m0/s1. The Bertz CT molecular complexity index is 848. The van der Waals surface area contributed by atoms with Crippen LogP contribution in [0.2, 0.25) is 0 Å². The Kier molecular flexibility index (Phi) is 7.92. The first-order valence-electron chi connectivity index (χ1n) is 15.1. The molecule has 0 bridgehead atoms. The van der Waals surface area contributed by atoms with Crippen LogP contribution < -0.4 is 0 Å². The van der Waals surface area contributed by atoms with Crippen molar-refractivity contribution in [2.75, 3.05) is 45.8 Å². The van der Waals surface area contributed by atoms with Crippen LogP contribution in [0.4, 0.5) is 0 Å². The molecule has 0 N–H and O–H groups in total. The second-order valence-electron chi connectivity index (χ2n) is 12.3. The number of hydrogen-bond acceptors (Lipinski definition) is 5. The number of nitrogens with zero attached hydrogens (tertiary/aromatic N) is 5. The van der Waals surface area contributed by atoms with Crippen LogP contribution >= 0.6 is 0 Å². The summed E-state index contributed by atoms with van der Waals surface area (Å²) >= 11 is 0. The molecule has 1 aromatic rings. The van der Waals surface area contributed by atoms with Crippen LogP contribution in [-0.2, 0) is 11.3 Å². The van der Waals surface area contributed by atoms with E-state index in [2.05, 4.69) is 36.7 Å². The molecule has 4 aliphatic heterocycles. The highest BCUT2D eigenvalue weighted by atomic mass is 16.2. The average molecular weight is 494 g/mol. The minimum atomic E-state index is 0.400. The first kappa shape index (κ1) is 24.8. The molecule has 0 spiro atoms. The summed E-state index contributed by atoms with van der Waals surface area (Å²) in [7, 11) is 0. The molecule has 1 aromatic heterocycles. The number of piperidine rings is 3. The van der Waals surface area contributed by atoms with Gasteiger partial charge in [0, 0.05) is 76.2 Å². The number of pyridine rings is 1. The summed E-state index contributed by atoms with van der Waals surface area (Å²) in [4.78, 5) is 28.0. The molecule has 198 valence electrons. The van der Waals surface area contributed by atoms with Crippen LogP contribution in [0.3, 0.4) is 0 Å². The Balaban J connectivity index is 1.07. The van der Waals surface area contributed by atoms with Crippen LogP contribution in [0.5, 0.6) is 0 Å². The molecular formula is C30H47N5O. The number of piperazine rings is 1. The molecule has 4 atom stereocenters.